The molecule has 2 heterocycles. The van der Waals surface area contributed by atoms with Gasteiger partial charge in [-0.2, -0.15) is 0 Å². The highest BCUT2D eigenvalue weighted by molar-refractivity contribution is 5.93. The molecule has 2 aliphatic rings. The Kier molecular flexibility index (Phi) is 7.13. The fourth-order valence-corrected chi connectivity index (χ4v) is 3.61. The fraction of sp³-hybridized carbons (Fsp3) is 0.429. The summed E-state index contributed by atoms with van der Waals surface area (Å²) in [4.78, 5) is 16.8. The van der Waals surface area contributed by atoms with E-state index in [4.69, 9.17) is 5.84 Å². The number of hydrogen-bond acceptors (Lipinski definition) is 7. The van der Waals surface area contributed by atoms with Crippen molar-refractivity contribution in [1.29, 1.82) is 0 Å². The number of anilines is 1. The summed E-state index contributed by atoms with van der Waals surface area (Å²) in [6, 6.07) is 3.82. The molecule has 0 bridgehead atoms. The van der Waals surface area contributed by atoms with E-state index < -0.39 is 0 Å². The first-order valence-electron chi connectivity index (χ1n) is 10.2. The number of amides is 1. The maximum Gasteiger partial charge on any atom is 0.270 e. The second-order valence-corrected chi connectivity index (χ2v) is 7.51. The van der Waals surface area contributed by atoms with Gasteiger partial charge in [-0.3, -0.25) is 15.6 Å². The molecule has 1 fully saturated rings. The van der Waals surface area contributed by atoms with E-state index in [0.29, 0.717) is 12.5 Å². The molecule has 8 heteroatoms. The number of carbonyl (C=O) groups excluding carboxylic acids is 1. The summed E-state index contributed by atoms with van der Waals surface area (Å²) in [5.41, 5.74) is 13.9. The normalized spacial score (nSPS) is 17.4. The molecule has 0 spiro atoms. The van der Waals surface area contributed by atoms with Gasteiger partial charge in [0.1, 0.15) is 5.70 Å². The molecule has 1 aromatic heterocycles. The van der Waals surface area contributed by atoms with Crippen molar-refractivity contribution in [2.45, 2.75) is 46.0 Å². The lowest BCUT2D eigenvalue weighted by molar-refractivity contribution is -0.117. The van der Waals surface area contributed by atoms with Gasteiger partial charge in [0.15, 0.2) is 0 Å². The number of allylic oxidation sites excluding steroid dienone is 3. The van der Waals surface area contributed by atoms with Crippen molar-refractivity contribution in [1.82, 2.24) is 26.6 Å². The van der Waals surface area contributed by atoms with Crippen molar-refractivity contribution < 1.29 is 6.22 Å². The number of hydrogen-bond donors (Lipinski definition) is 6. The number of aromatic nitrogens is 1. The molecule has 1 aromatic rings. The quantitative estimate of drug-likeness (QED) is 0.237. The predicted octanol–water partition coefficient (Wildman–Crippen LogP) is 2.23. The van der Waals surface area contributed by atoms with Gasteiger partial charge >= 0.3 is 0 Å². The average Bonchev–Trinajstić information content (AvgIpc) is 2.75. The van der Waals surface area contributed by atoms with E-state index in [2.05, 4.69) is 38.0 Å². The highest BCUT2D eigenvalue weighted by Crippen LogP contribution is 2.28. The summed E-state index contributed by atoms with van der Waals surface area (Å²) in [6.07, 6.45) is 12.1. The molecule has 1 saturated carbocycles. The van der Waals surface area contributed by atoms with Gasteiger partial charge in [-0.1, -0.05) is 19.3 Å². The zero-order chi connectivity index (χ0) is 20.6. The number of nitrogens with zero attached hydrogens (tertiary/aromatic N) is 1. The third kappa shape index (κ3) is 5.74. The number of pyridine rings is 1. The molecule has 1 aliphatic heterocycles. The standard InChI is InChI=1S/C21H31N7O.H2/c1-14-8-10-18(15(2)25-14)23-13-20(26-22)21(29)24-12-17-9-11-19(28-27-17)16-6-4-3-5-7-16;/h8-11,13,16,23,26-28H,3-7,12,22H2,1-2H3,(H,24,29);1H/b20-13-;. The van der Waals surface area contributed by atoms with Gasteiger partial charge < -0.3 is 26.9 Å². The van der Waals surface area contributed by atoms with Gasteiger partial charge in [-0.25, -0.2) is 0 Å². The number of rotatable bonds is 7. The highest BCUT2D eigenvalue weighted by atomic mass is 16.2. The topological polar surface area (TPSA) is 116 Å². The monoisotopic (exact) mass is 399 g/mol. The Hall–Kier alpha value is -3.00. The molecule has 0 radical (unpaired) electrons. The fourth-order valence-electron chi connectivity index (χ4n) is 3.61. The molecule has 0 aromatic carbocycles. The lowest BCUT2D eigenvalue weighted by Gasteiger charge is -2.28. The van der Waals surface area contributed by atoms with Gasteiger partial charge in [-0.05, 0) is 51.0 Å². The van der Waals surface area contributed by atoms with Crippen molar-refractivity contribution in [3.8, 4) is 0 Å². The first-order chi connectivity index (χ1) is 14.1. The van der Waals surface area contributed by atoms with Crippen molar-refractivity contribution in [3.05, 3.63) is 59.0 Å². The van der Waals surface area contributed by atoms with Gasteiger partial charge in [0.25, 0.3) is 5.91 Å². The minimum atomic E-state index is -0.303. The van der Waals surface area contributed by atoms with E-state index in [0.717, 1.165) is 22.8 Å². The Morgan fingerprint density at radius 1 is 1.24 bits per heavy atom. The molecular weight excluding hydrogens is 366 g/mol. The van der Waals surface area contributed by atoms with Crippen molar-refractivity contribution in [3.63, 3.8) is 0 Å². The Morgan fingerprint density at radius 2 is 2.03 bits per heavy atom. The van der Waals surface area contributed by atoms with Gasteiger partial charge in [0.05, 0.1) is 23.6 Å². The molecule has 0 saturated heterocycles. The Bertz CT molecular complexity index is 829. The van der Waals surface area contributed by atoms with Crippen LogP contribution in [-0.2, 0) is 4.79 Å². The summed E-state index contributed by atoms with van der Waals surface area (Å²) >= 11 is 0. The molecule has 0 atom stereocenters. The molecule has 29 heavy (non-hydrogen) atoms. The van der Waals surface area contributed by atoms with Crippen LogP contribution in [0.25, 0.3) is 0 Å². The summed E-state index contributed by atoms with van der Waals surface area (Å²) in [5, 5.41) is 5.92. The van der Waals surface area contributed by atoms with Crippen LogP contribution in [0.4, 0.5) is 5.69 Å². The van der Waals surface area contributed by atoms with Crippen LogP contribution in [0.3, 0.4) is 0 Å². The Balaban J connectivity index is 0.00000320. The zero-order valence-electron chi connectivity index (χ0n) is 17.1. The summed E-state index contributed by atoms with van der Waals surface area (Å²) in [5.74, 6) is 5.82. The highest BCUT2D eigenvalue weighted by Gasteiger charge is 2.19. The third-order valence-electron chi connectivity index (χ3n) is 5.31. The maximum atomic E-state index is 12.4. The smallest absolute Gasteiger partial charge is 0.270 e. The van der Waals surface area contributed by atoms with E-state index in [1.165, 1.54) is 44.0 Å². The predicted molar refractivity (Wildman–Crippen MR) is 117 cm³/mol. The molecule has 8 nitrogen and oxygen atoms in total. The molecule has 1 aliphatic carbocycles. The molecule has 1 amide bonds. The summed E-state index contributed by atoms with van der Waals surface area (Å²) in [6.45, 7) is 4.20. The Morgan fingerprint density at radius 3 is 2.69 bits per heavy atom. The molecule has 0 unspecified atom stereocenters. The maximum absolute atomic E-state index is 12.4. The molecule has 7 N–H and O–H groups in total. The van der Waals surface area contributed by atoms with E-state index in [1.807, 2.05) is 32.1 Å². The zero-order valence-corrected chi connectivity index (χ0v) is 17.1. The molecular formula is C21H33N7O. The van der Waals surface area contributed by atoms with Crippen LogP contribution in [0.2, 0.25) is 0 Å². The first kappa shape index (κ1) is 20.7. The van der Waals surface area contributed by atoms with Gasteiger partial charge in [-0.15, -0.1) is 0 Å². The number of hydrazine groups is 2. The van der Waals surface area contributed by atoms with Crippen molar-refractivity contribution >= 4 is 11.6 Å². The van der Waals surface area contributed by atoms with Crippen LogP contribution >= 0.6 is 0 Å². The van der Waals surface area contributed by atoms with Crippen LogP contribution in [-0.4, -0.2) is 17.4 Å². The van der Waals surface area contributed by atoms with Crippen LogP contribution in [0.15, 0.2) is 47.6 Å². The van der Waals surface area contributed by atoms with Crippen LogP contribution in [0.1, 0.15) is 44.9 Å². The third-order valence-corrected chi connectivity index (χ3v) is 5.31. The largest absolute Gasteiger partial charge is 0.358 e. The van der Waals surface area contributed by atoms with Gasteiger partial charge in [0, 0.05) is 24.9 Å². The summed E-state index contributed by atoms with van der Waals surface area (Å²) in [7, 11) is 0. The number of carbonyl (C=O) groups is 1. The van der Waals surface area contributed by atoms with E-state index in [9.17, 15) is 4.79 Å². The number of nitrogens with two attached hydrogens (primary N) is 1. The number of nitrogens with one attached hydrogen (secondary N) is 5. The minimum absolute atomic E-state index is 0. The van der Waals surface area contributed by atoms with E-state index in [-0.39, 0.29) is 13.0 Å². The lowest BCUT2D eigenvalue weighted by Crippen LogP contribution is -2.42. The second kappa shape index (κ2) is 9.97. The first-order valence-corrected chi connectivity index (χ1v) is 10.2. The summed E-state index contributed by atoms with van der Waals surface area (Å²) < 4.78 is 0. The SMILES string of the molecule is Cc1ccc(N/C=C(\NN)C(=O)NCC2=CC=C(C3CCCCC3)NN2)c(C)n1.[HH]. The van der Waals surface area contributed by atoms with Crippen molar-refractivity contribution in [2.24, 2.45) is 11.8 Å². The van der Waals surface area contributed by atoms with Crippen LogP contribution < -0.4 is 32.8 Å². The number of aryl methyl sites for hydroxylation is 2. The molecule has 3 rings (SSSR count). The van der Waals surface area contributed by atoms with Crippen molar-refractivity contribution in [2.75, 3.05) is 11.9 Å². The van der Waals surface area contributed by atoms with E-state index >= 15 is 0 Å². The molecule has 158 valence electrons. The van der Waals surface area contributed by atoms with Crippen LogP contribution in [0, 0.1) is 19.8 Å². The minimum Gasteiger partial charge on any atom is -0.358 e. The Labute approximate surface area is 173 Å². The average molecular weight is 400 g/mol. The van der Waals surface area contributed by atoms with Crippen LogP contribution in [0.5, 0.6) is 0 Å². The lowest BCUT2D eigenvalue weighted by atomic mass is 9.86. The van der Waals surface area contributed by atoms with E-state index in [1.54, 1.807) is 0 Å². The van der Waals surface area contributed by atoms with Gasteiger partial charge in [0.2, 0.25) is 0 Å². The second-order valence-electron chi connectivity index (χ2n) is 7.51.